The molecule has 0 saturated carbocycles. The summed E-state index contributed by atoms with van der Waals surface area (Å²) in [5.41, 5.74) is 6.35. The van der Waals surface area contributed by atoms with E-state index in [0.717, 1.165) is 22.9 Å². The van der Waals surface area contributed by atoms with Crippen molar-refractivity contribution in [3.8, 4) is 5.75 Å². The second-order valence-electron chi connectivity index (χ2n) is 5.13. The minimum Gasteiger partial charge on any atom is -0.507 e. The highest BCUT2D eigenvalue weighted by Crippen LogP contribution is 2.24. The van der Waals surface area contributed by atoms with Crippen LogP contribution in [0.1, 0.15) is 30.6 Å². The number of carbonyl (C=O) groups is 1. The van der Waals surface area contributed by atoms with E-state index in [4.69, 9.17) is 0 Å². The minimum absolute atomic E-state index is 0.0397. The number of carbonyl (C=O) groups excluding carboxylic acids is 1. The number of phenolic OH excluding ortho intramolecular Hbond substituents is 1. The zero-order valence-electron chi connectivity index (χ0n) is 12.3. The van der Waals surface area contributed by atoms with Crippen LogP contribution < -0.4 is 10.9 Å². The molecule has 4 heteroatoms. The van der Waals surface area contributed by atoms with E-state index in [-0.39, 0.29) is 23.1 Å². The summed E-state index contributed by atoms with van der Waals surface area (Å²) in [5.74, 6) is -0.166. The molecule has 0 saturated heterocycles. The smallest absolute Gasteiger partial charge is 0.273 e. The largest absolute Gasteiger partial charge is 0.507 e. The maximum Gasteiger partial charge on any atom is 0.273 e. The lowest BCUT2D eigenvalue weighted by Crippen LogP contribution is -2.38. The van der Waals surface area contributed by atoms with Crippen LogP contribution in [-0.2, 0) is 0 Å². The number of phenols is 1. The van der Waals surface area contributed by atoms with Gasteiger partial charge in [-0.2, -0.15) is 0 Å². The van der Waals surface area contributed by atoms with Crippen molar-refractivity contribution < 1.29 is 9.90 Å². The molecule has 21 heavy (non-hydrogen) atoms. The predicted octanol–water partition coefficient (Wildman–Crippen LogP) is 3.34. The second kappa shape index (κ2) is 6.31. The number of aromatic hydroxyl groups is 1. The zero-order chi connectivity index (χ0) is 15.4. The summed E-state index contributed by atoms with van der Waals surface area (Å²) >= 11 is 0. The number of fused-ring (bicyclic) bond motifs is 1. The van der Waals surface area contributed by atoms with Gasteiger partial charge < -0.3 is 10.5 Å². The fraction of sp³-hybridized carbons (Fsp3) is 0.235. The molecule has 3 N–H and O–H groups in total. The van der Waals surface area contributed by atoms with Crippen molar-refractivity contribution in [3.05, 3.63) is 54.2 Å². The summed E-state index contributed by atoms with van der Waals surface area (Å²) in [6.45, 7) is 7.95. The van der Waals surface area contributed by atoms with Crippen molar-refractivity contribution in [2.45, 2.75) is 20.3 Å². The Hall–Kier alpha value is -2.49. The molecule has 0 bridgehead atoms. The number of allylic oxidation sites excluding steroid dienone is 1. The van der Waals surface area contributed by atoms with E-state index in [2.05, 4.69) is 24.4 Å². The van der Waals surface area contributed by atoms with Crippen LogP contribution in [0, 0.1) is 5.92 Å². The van der Waals surface area contributed by atoms with Crippen LogP contribution in [-0.4, -0.2) is 11.0 Å². The van der Waals surface area contributed by atoms with E-state index >= 15 is 0 Å². The average molecular weight is 284 g/mol. The summed E-state index contributed by atoms with van der Waals surface area (Å²) in [6, 6.07) is 10.8. The fourth-order valence-corrected chi connectivity index (χ4v) is 1.98. The number of hydrazine groups is 1. The highest BCUT2D eigenvalue weighted by molar-refractivity contribution is 6.01. The first-order valence-corrected chi connectivity index (χ1v) is 6.99. The van der Waals surface area contributed by atoms with Gasteiger partial charge in [-0.3, -0.25) is 10.2 Å². The molecule has 0 unspecified atom stereocenters. The third kappa shape index (κ3) is 3.34. The van der Waals surface area contributed by atoms with Gasteiger partial charge in [-0.05, 0) is 35.2 Å². The van der Waals surface area contributed by atoms with Gasteiger partial charge in [0, 0.05) is 5.70 Å². The molecule has 0 aliphatic heterocycles. The van der Waals surface area contributed by atoms with Crippen molar-refractivity contribution in [3.63, 3.8) is 0 Å². The van der Waals surface area contributed by atoms with Gasteiger partial charge in [0.25, 0.3) is 5.91 Å². The molecule has 2 rings (SSSR count). The summed E-state index contributed by atoms with van der Waals surface area (Å²) in [7, 11) is 0. The lowest BCUT2D eigenvalue weighted by Gasteiger charge is -2.16. The molecule has 0 heterocycles. The highest BCUT2D eigenvalue weighted by atomic mass is 16.3. The number of benzene rings is 2. The minimum atomic E-state index is -0.386. The van der Waals surface area contributed by atoms with Gasteiger partial charge in [0.05, 0.1) is 5.56 Å². The van der Waals surface area contributed by atoms with Gasteiger partial charge in [0.2, 0.25) is 0 Å². The number of hydrogen-bond donors (Lipinski definition) is 3. The Morgan fingerprint density at radius 2 is 1.86 bits per heavy atom. The van der Waals surface area contributed by atoms with Crippen molar-refractivity contribution in [1.82, 2.24) is 10.9 Å². The average Bonchev–Trinajstić information content (AvgIpc) is 2.50. The molecule has 1 amide bonds. The lowest BCUT2D eigenvalue weighted by atomic mass is 10.1. The molecule has 1 atom stereocenters. The second-order valence-corrected chi connectivity index (χ2v) is 5.13. The molecule has 2 aromatic carbocycles. The van der Waals surface area contributed by atoms with Gasteiger partial charge in [-0.25, -0.2) is 0 Å². The zero-order valence-corrected chi connectivity index (χ0v) is 12.3. The summed E-state index contributed by atoms with van der Waals surface area (Å²) < 4.78 is 0. The van der Waals surface area contributed by atoms with Gasteiger partial charge in [-0.15, -0.1) is 0 Å². The predicted molar refractivity (Wildman–Crippen MR) is 84.8 cm³/mol. The molecular weight excluding hydrogens is 264 g/mol. The third-order valence-electron chi connectivity index (χ3n) is 3.65. The molecule has 110 valence electrons. The van der Waals surface area contributed by atoms with Gasteiger partial charge >= 0.3 is 0 Å². The normalized spacial score (nSPS) is 11.9. The fourth-order valence-electron chi connectivity index (χ4n) is 1.98. The van der Waals surface area contributed by atoms with E-state index in [9.17, 15) is 9.90 Å². The lowest BCUT2D eigenvalue weighted by molar-refractivity contribution is 0.0934. The van der Waals surface area contributed by atoms with Gasteiger partial charge in [-0.1, -0.05) is 44.7 Å². The molecular formula is C17H20N2O2. The van der Waals surface area contributed by atoms with E-state index in [1.54, 1.807) is 12.1 Å². The number of amides is 1. The summed E-state index contributed by atoms with van der Waals surface area (Å²) in [6.07, 6.45) is 0.933. The quantitative estimate of drug-likeness (QED) is 0.738. The molecule has 0 aliphatic rings. The molecule has 0 radical (unpaired) electrons. The van der Waals surface area contributed by atoms with Gasteiger partial charge in [0.1, 0.15) is 5.75 Å². The Balaban J connectivity index is 2.16. The SMILES string of the molecule is C=C(NNC(=O)c1cc2ccccc2cc1O)[C@H](C)CC. The van der Waals surface area contributed by atoms with E-state index in [1.807, 2.05) is 31.2 Å². The number of rotatable bonds is 5. The monoisotopic (exact) mass is 284 g/mol. The van der Waals surface area contributed by atoms with E-state index < -0.39 is 0 Å². The van der Waals surface area contributed by atoms with Crippen LogP contribution in [0.4, 0.5) is 0 Å². The Morgan fingerprint density at radius 1 is 1.24 bits per heavy atom. The number of nitrogens with one attached hydrogen (secondary N) is 2. The maximum atomic E-state index is 12.1. The first-order chi connectivity index (χ1) is 10.0. The van der Waals surface area contributed by atoms with Crippen LogP contribution in [0.2, 0.25) is 0 Å². The van der Waals surface area contributed by atoms with Crippen molar-refractivity contribution in [2.75, 3.05) is 0 Å². The van der Waals surface area contributed by atoms with Crippen LogP contribution in [0.3, 0.4) is 0 Å². The summed E-state index contributed by atoms with van der Waals surface area (Å²) in [5, 5.41) is 11.8. The molecule has 0 spiro atoms. The van der Waals surface area contributed by atoms with Crippen molar-refractivity contribution in [2.24, 2.45) is 5.92 Å². The molecule has 2 aromatic rings. The maximum absolute atomic E-state index is 12.1. The number of hydrogen-bond acceptors (Lipinski definition) is 3. The first-order valence-electron chi connectivity index (χ1n) is 6.99. The molecule has 0 aromatic heterocycles. The molecule has 0 fully saturated rings. The molecule has 4 nitrogen and oxygen atoms in total. The van der Waals surface area contributed by atoms with Crippen molar-refractivity contribution in [1.29, 1.82) is 0 Å². The Kier molecular flexibility index (Phi) is 4.48. The van der Waals surface area contributed by atoms with Crippen LogP contribution in [0.15, 0.2) is 48.7 Å². The Morgan fingerprint density at radius 3 is 2.48 bits per heavy atom. The topological polar surface area (TPSA) is 61.4 Å². The first kappa shape index (κ1) is 14.9. The van der Waals surface area contributed by atoms with Crippen molar-refractivity contribution >= 4 is 16.7 Å². The standard InChI is InChI=1S/C17H20N2O2/c1-4-11(2)12(3)18-19-17(21)15-9-13-7-5-6-8-14(13)10-16(15)20/h5-11,18,20H,3-4H2,1-2H3,(H,19,21)/t11-/m1/s1. The van der Waals surface area contributed by atoms with E-state index in [0.29, 0.717) is 0 Å². The highest BCUT2D eigenvalue weighted by Gasteiger charge is 2.13. The van der Waals surface area contributed by atoms with Crippen LogP contribution in [0.5, 0.6) is 5.75 Å². The third-order valence-corrected chi connectivity index (χ3v) is 3.65. The van der Waals surface area contributed by atoms with Crippen LogP contribution in [0.25, 0.3) is 10.8 Å². The van der Waals surface area contributed by atoms with Gasteiger partial charge in [0.15, 0.2) is 0 Å². The Labute approximate surface area is 124 Å². The summed E-state index contributed by atoms with van der Waals surface area (Å²) in [4.78, 5) is 12.1. The Bertz CT molecular complexity index is 680. The van der Waals surface area contributed by atoms with Crippen LogP contribution >= 0.6 is 0 Å². The van der Waals surface area contributed by atoms with E-state index in [1.165, 1.54) is 0 Å². The molecule has 0 aliphatic carbocycles.